The Bertz CT molecular complexity index is 1340. The quantitative estimate of drug-likeness (QED) is 0.402. The summed E-state index contributed by atoms with van der Waals surface area (Å²) < 4.78 is 5.83. The maximum Gasteiger partial charge on any atom is 0.336 e. The van der Waals surface area contributed by atoms with E-state index in [4.69, 9.17) is 4.42 Å². The normalized spacial score (nSPS) is 12.9. The van der Waals surface area contributed by atoms with Crippen LogP contribution in [-0.2, 0) is 0 Å². The van der Waals surface area contributed by atoms with E-state index < -0.39 is 17.5 Å². The second-order valence-corrected chi connectivity index (χ2v) is 8.69. The summed E-state index contributed by atoms with van der Waals surface area (Å²) in [7, 11) is 0. The Morgan fingerprint density at radius 1 is 0.968 bits per heavy atom. The molecule has 0 fully saturated rings. The van der Waals surface area contributed by atoms with Crippen LogP contribution in [0.4, 0.5) is 0 Å². The summed E-state index contributed by atoms with van der Waals surface area (Å²) in [5, 5.41) is 31.1. The average Bonchev–Trinajstić information content (AvgIpc) is 2.70. The van der Waals surface area contributed by atoms with Gasteiger partial charge in [-0.2, -0.15) is 0 Å². The number of hydrogen-bond acceptors (Lipinski definition) is 5. The van der Waals surface area contributed by atoms with E-state index in [1.165, 1.54) is 30.3 Å². The van der Waals surface area contributed by atoms with E-state index in [1.54, 1.807) is 24.3 Å². The van der Waals surface area contributed by atoms with Crippen LogP contribution in [0.25, 0.3) is 33.4 Å². The molecule has 1 aliphatic carbocycles. The molecular formula is C25H22O6. The molecule has 158 valence electrons. The first-order valence-electron chi connectivity index (χ1n) is 9.81. The summed E-state index contributed by atoms with van der Waals surface area (Å²) in [6, 6.07) is 13.8. The average molecular weight is 418 g/mol. The van der Waals surface area contributed by atoms with Gasteiger partial charge in [0.1, 0.15) is 17.1 Å². The highest BCUT2D eigenvalue weighted by Crippen LogP contribution is 2.43. The van der Waals surface area contributed by atoms with Gasteiger partial charge in [0.15, 0.2) is 5.43 Å². The van der Waals surface area contributed by atoms with E-state index in [0.717, 1.165) is 0 Å². The molecule has 0 bridgehead atoms. The second kappa shape index (κ2) is 7.25. The van der Waals surface area contributed by atoms with E-state index in [0.29, 0.717) is 33.2 Å². The van der Waals surface area contributed by atoms with Gasteiger partial charge in [-0.1, -0.05) is 32.9 Å². The van der Waals surface area contributed by atoms with Crippen LogP contribution in [0, 0.1) is 5.41 Å². The molecule has 1 atom stereocenters. The van der Waals surface area contributed by atoms with Crippen molar-refractivity contribution in [3.05, 3.63) is 75.9 Å². The molecule has 6 heteroatoms. The topological polar surface area (TPSA) is 108 Å². The highest BCUT2D eigenvalue weighted by molar-refractivity contribution is 6.07. The number of hydrogen-bond donors (Lipinski definition) is 3. The lowest BCUT2D eigenvalue weighted by Gasteiger charge is -2.27. The van der Waals surface area contributed by atoms with Crippen molar-refractivity contribution in [2.24, 2.45) is 5.41 Å². The molecule has 0 aromatic heterocycles. The van der Waals surface area contributed by atoms with Gasteiger partial charge in [-0.05, 0) is 46.9 Å². The number of carboxylic acid groups (broad SMARTS) is 1. The smallest absolute Gasteiger partial charge is 0.336 e. The van der Waals surface area contributed by atoms with Crippen LogP contribution < -0.4 is 5.43 Å². The molecule has 31 heavy (non-hydrogen) atoms. The van der Waals surface area contributed by atoms with E-state index in [-0.39, 0.29) is 22.5 Å². The predicted molar refractivity (Wildman–Crippen MR) is 118 cm³/mol. The molecule has 0 spiro atoms. The number of aliphatic hydroxyl groups excluding tert-OH is 1. The Kier molecular flexibility index (Phi) is 4.82. The van der Waals surface area contributed by atoms with E-state index in [1.807, 2.05) is 20.8 Å². The lowest BCUT2D eigenvalue weighted by Crippen LogP contribution is -2.18. The predicted octanol–water partition coefficient (Wildman–Crippen LogP) is 5.05. The van der Waals surface area contributed by atoms with E-state index in [9.17, 15) is 24.9 Å². The molecule has 0 radical (unpaired) electrons. The SMILES string of the molecule is CC(C)(C)C(O)c1ccc(-c2c3ccc(=O)cc-3oc3cc(O)ccc23)c(C(=O)O)c1. The molecule has 0 saturated carbocycles. The van der Waals surface area contributed by atoms with Gasteiger partial charge in [0.05, 0.1) is 11.7 Å². The van der Waals surface area contributed by atoms with E-state index in [2.05, 4.69) is 0 Å². The minimum atomic E-state index is -1.14. The molecule has 4 rings (SSSR count). The van der Waals surface area contributed by atoms with Crippen molar-refractivity contribution in [1.82, 2.24) is 0 Å². The fraction of sp³-hybridized carbons (Fsp3) is 0.200. The first-order valence-corrected chi connectivity index (χ1v) is 9.81. The number of carboxylic acids is 1. The van der Waals surface area contributed by atoms with Crippen molar-refractivity contribution in [2.75, 3.05) is 0 Å². The molecule has 2 aliphatic rings. The van der Waals surface area contributed by atoms with E-state index >= 15 is 0 Å². The third kappa shape index (κ3) is 3.66. The van der Waals surface area contributed by atoms with Crippen molar-refractivity contribution in [3.63, 3.8) is 0 Å². The maximum absolute atomic E-state index is 12.2. The number of carbonyl (C=O) groups is 1. The van der Waals surface area contributed by atoms with Gasteiger partial charge in [0.2, 0.25) is 0 Å². The summed E-state index contributed by atoms with van der Waals surface area (Å²) >= 11 is 0. The van der Waals surface area contributed by atoms with Crippen molar-refractivity contribution in [2.45, 2.75) is 26.9 Å². The Balaban J connectivity index is 2.08. The Labute approximate surface area is 178 Å². The third-order valence-electron chi connectivity index (χ3n) is 5.36. The van der Waals surface area contributed by atoms with Gasteiger partial charge >= 0.3 is 5.97 Å². The highest BCUT2D eigenvalue weighted by Gasteiger charge is 2.27. The zero-order chi connectivity index (χ0) is 22.5. The first-order chi connectivity index (χ1) is 14.6. The number of aromatic carboxylic acids is 1. The molecule has 0 amide bonds. The fourth-order valence-electron chi connectivity index (χ4n) is 3.78. The number of benzene rings is 3. The molecule has 1 heterocycles. The monoisotopic (exact) mass is 418 g/mol. The van der Waals surface area contributed by atoms with Crippen LogP contribution >= 0.6 is 0 Å². The summed E-state index contributed by atoms with van der Waals surface area (Å²) in [5.74, 6) is -0.864. The minimum Gasteiger partial charge on any atom is -0.508 e. The van der Waals surface area contributed by atoms with Gasteiger partial charge < -0.3 is 19.7 Å². The van der Waals surface area contributed by atoms with Gasteiger partial charge in [0, 0.05) is 28.6 Å². The van der Waals surface area contributed by atoms with Crippen LogP contribution in [0.1, 0.15) is 42.8 Å². The fourth-order valence-corrected chi connectivity index (χ4v) is 3.78. The number of phenols is 1. The van der Waals surface area contributed by atoms with Crippen LogP contribution in [0.15, 0.2) is 63.8 Å². The van der Waals surface area contributed by atoms with Crippen LogP contribution in [0.5, 0.6) is 5.75 Å². The van der Waals surface area contributed by atoms with Gasteiger partial charge in [0.25, 0.3) is 0 Å². The van der Waals surface area contributed by atoms with Crippen molar-refractivity contribution in [1.29, 1.82) is 0 Å². The summed E-state index contributed by atoms with van der Waals surface area (Å²) in [6.45, 7) is 5.62. The Morgan fingerprint density at radius 2 is 1.68 bits per heavy atom. The van der Waals surface area contributed by atoms with Gasteiger partial charge in [-0.25, -0.2) is 4.79 Å². The zero-order valence-corrected chi connectivity index (χ0v) is 17.3. The summed E-state index contributed by atoms with van der Waals surface area (Å²) in [6.07, 6.45) is -0.848. The summed E-state index contributed by atoms with van der Waals surface area (Å²) in [4.78, 5) is 24.1. The molecule has 6 nitrogen and oxygen atoms in total. The van der Waals surface area contributed by atoms with Crippen LogP contribution in [-0.4, -0.2) is 21.3 Å². The number of fused-ring (bicyclic) bond motifs is 2. The number of aliphatic hydroxyl groups is 1. The molecule has 3 N–H and O–H groups in total. The standard InChI is InChI=1S/C25H22O6/c1-25(2,3)23(28)13-4-7-16(19(10-13)24(29)30)22-17-8-5-14(26)11-20(17)31-21-12-15(27)6-9-18(21)22/h4-12,23,26,28H,1-3H3,(H,29,30). The second-order valence-electron chi connectivity index (χ2n) is 8.69. The molecule has 1 unspecified atom stereocenters. The molecule has 0 saturated heterocycles. The molecular weight excluding hydrogens is 396 g/mol. The zero-order valence-electron chi connectivity index (χ0n) is 17.3. The Morgan fingerprint density at radius 3 is 2.35 bits per heavy atom. The van der Waals surface area contributed by atoms with Crippen LogP contribution in [0.3, 0.4) is 0 Å². The Hall–Kier alpha value is -3.64. The highest BCUT2D eigenvalue weighted by atomic mass is 16.4. The molecule has 1 aliphatic heterocycles. The summed E-state index contributed by atoms with van der Waals surface area (Å²) in [5.41, 5.74) is 1.70. The van der Waals surface area contributed by atoms with Crippen molar-refractivity contribution < 1.29 is 24.5 Å². The number of rotatable bonds is 3. The molecule has 2 aromatic rings. The number of phenolic OH excluding ortho intramolecular Hbond substituents is 1. The van der Waals surface area contributed by atoms with Gasteiger partial charge in [-0.15, -0.1) is 0 Å². The van der Waals surface area contributed by atoms with Crippen molar-refractivity contribution in [3.8, 4) is 28.2 Å². The minimum absolute atomic E-state index is 0.0121. The largest absolute Gasteiger partial charge is 0.508 e. The lowest BCUT2D eigenvalue weighted by atomic mass is 9.82. The lowest BCUT2D eigenvalue weighted by molar-refractivity contribution is 0.0620. The van der Waals surface area contributed by atoms with Crippen molar-refractivity contribution >= 4 is 16.9 Å². The first kappa shape index (κ1) is 20.6. The maximum atomic E-state index is 12.2. The van der Waals surface area contributed by atoms with Gasteiger partial charge in [-0.3, -0.25) is 4.79 Å². The number of aromatic hydroxyl groups is 1. The third-order valence-corrected chi connectivity index (χ3v) is 5.36. The van der Waals surface area contributed by atoms with Crippen LogP contribution in [0.2, 0.25) is 0 Å². The molecule has 2 aromatic carbocycles.